The van der Waals surface area contributed by atoms with Crippen LogP contribution in [0.25, 0.3) is 6.08 Å². The van der Waals surface area contributed by atoms with Crippen LogP contribution in [0.3, 0.4) is 0 Å². The van der Waals surface area contributed by atoms with Gasteiger partial charge in [0.15, 0.2) is 6.61 Å². The van der Waals surface area contributed by atoms with E-state index in [1.165, 1.54) is 17.4 Å². The molecular formula is C17H17NO3S. The standard InChI is InChI=1S/C17H17NO3S/c1-2-13-5-3-6-14(11-13)18-16(19)12-21-17(20)9-8-15-7-4-10-22-15/h3-11H,2,12H2,1H3,(H,18,19)/b9-8+. The van der Waals surface area contributed by atoms with Gasteiger partial charge in [-0.05, 0) is 41.6 Å². The van der Waals surface area contributed by atoms with Crippen LogP contribution in [-0.4, -0.2) is 18.5 Å². The smallest absolute Gasteiger partial charge is 0.331 e. The van der Waals surface area contributed by atoms with Gasteiger partial charge in [-0.1, -0.05) is 25.1 Å². The number of carbonyl (C=O) groups is 2. The molecule has 0 unspecified atom stereocenters. The third-order valence-corrected chi connectivity index (χ3v) is 3.73. The van der Waals surface area contributed by atoms with Crippen LogP contribution in [0.1, 0.15) is 17.4 Å². The highest BCUT2D eigenvalue weighted by atomic mass is 32.1. The number of carbonyl (C=O) groups excluding carboxylic acids is 2. The fourth-order valence-corrected chi connectivity index (χ4v) is 2.41. The van der Waals surface area contributed by atoms with Crippen molar-refractivity contribution >= 4 is 35.0 Å². The van der Waals surface area contributed by atoms with E-state index in [2.05, 4.69) is 5.32 Å². The number of hydrogen-bond acceptors (Lipinski definition) is 4. The Morgan fingerprint density at radius 2 is 2.14 bits per heavy atom. The first kappa shape index (κ1) is 16.0. The minimum Gasteiger partial charge on any atom is -0.452 e. The fourth-order valence-electron chi connectivity index (χ4n) is 1.79. The predicted molar refractivity (Wildman–Crippen MR) is 88.8 cm³/mol. The van der Waals surface area contributed by atoms with Gasteiger partial charge in [0.2, 0.25) is 0 Å². The van der Waals surface area contributed by atoms with E-state index in [9.17, 15) is 9.59 Å². The SMILES string of the molecule is CCc1cccc(NC(=O)COC(=O)/C=C/c2cccs2)c1. The lowest BCUT2D eigenvalue weighted by Gasteiger charge is -2.06. The molecule has 0 bridgehead atoms. The molecule has 1 N–H and O–H groups in total. The summed E-state index contributed by atoms with van der Waals surface area (Å²) in [6, 6.07) is 11.4. The lowest BCUT2D eigenvalue weighted by atomic mass is 10.1. The van der Waals surface area contributed by atoms with Crippen LogP contribution < -0.4 is 5.32 Å². The predicted octanol–water partition coefficient (Wildman–Crippen LogP) is 3.51. The Balaban J connectivity index is 1.78. The summed E-state index contributed by atoms with van der Waals surface area (Å²) >= 11 is 1.52. The lowest BCUT2D eigenvalue weighted by Crippen LogP contribution is -2.20. The van der Waals surface area contributed by atoms with Crippen molar-refractivity contribution in [3.05, 3.63) is 58.3 Å². The van der Waals surface area contributed by atoms with Crippen molar-refractivity contribution in [1.29, 1.82) is 0 Å². The average molecular weight is 315 g/mol. The number of aryl methyl sites for hydroxylation is 1. The maximum atomic E-state index is 11.7. The van der Waals surface area contributed by atoms with Crippen molar-refractivity contribution in [2.45, 2.75) is 13.3 Å². The quantitative estimate of drug-likeness (QED) is 0.655. The van der Waals surface area contributed by atoms with Gasteiger partial charge in [-0.3, -0.25) is 4.79 Å². The summed E-state index contributed by atoms with van der Waals surface area (Å²) in [7, 11) is 0. The number of anilines is 1. The molecule has 22 heavy (non-hydrogen) atoms. The molecule has 0 atom stereocenters. The Bertz CT molecular complexity index is 662. The highest BCUT2D eigenvalue weighted by Gasteiger charge is 2.06. The molecule has 0 aliphatic carbocycles. The largest absolute Gasteiger partial charge is 0.452 e. The summed E-state index contributed by atoms with van der Waals surface area (Å²) in [5.74, 6) is -0.892. The zero-order valence-electron chi connectivity index (χ0n) is 12.2. The number of rotatable bonds is 6. The topological polar surface area (TPSA) is 55.4 Å². The van der Waals surface area contributed by atoms with Crippen molar-refractivity contribution in [2.24, 2.45) is 0 Å². The molecule has 4 nitrogen and oxygen atoms in total. The first-order valence-electron chi connectivity index (χ1n) is 6.94. The molecule has 1 heterocycles. The molecule has 0 radical (unpaired) electrons. The second-order valence-corrected chi connectivity index (χ2v) is 5.54. The Morgan fingerprint density at radius 1 is 1.27 bits per heavy atom. The molecule has 0 saturated carbocycles. The molecule has 0 saturated heterocycles. The van der Waals surface area contributed by atoms with Crippen molar-refractivity contribution < 1.29 is 14.3 Å². The second kappa shape index (κ2) is 8.14. The Labute approximate surface area is 133 Å². The van der Waals surface area contributed by atoms with Gasteiger partial charge in [0.25, 0.3) is 5.91 Å². The first-order valence-corrected chi connectivity index (χ1v) is 7.82. The van der Waals surface area contributed by atoms with E-state index in [-0.39, 0.29) is 12.5 Å². The average Bonchev–Trinajstić information content (AvgIpc) is 3.04. The normalized spacial score (nSPS) is 10.6. The molecule has 5 heteroatoms. The summed E-state index contributed by atoms with van der Waals surface area (Å²) in [6.07, 6.45) is 3.87. The highest BCUT2D eigenvalue weighted by molar-refractivity contribution is 7.10. The molecule has 0 fully saturated rings. The van der Waals surface area contributed by atoms with Crippen molar-refractivity contribution in [1.82, 2.24) is 0 Å². The fraction of sp³-hybridized carbons (Fsp3) is 0.176. The number of esters is 1. The molecule has 114 valence electrons. The number of hydrogen-bond donors (Lipinski definition) is 1. The highest BCUT2D eigenvalue weighted by Crippen LogP contribution is 2.11. The van der Waals surface area contributed by atoms with Crippen molar-refractivity contribution in [2.75, 3.05) is 11.9 Å². The summed E-state index contributed by atoms with van der Waals surface area (Å²) in [4.78, 5) is 24.2. The number of nitrogens with one attached hydrogen (secondary N) is 1. The van der Waals surface area contributed by atoms with E-state index >= 15 is 0 Å². The minimum atomic E-state index is -0.536. The Morgan fingerprint density at radius 3 is 2.86 bits per heavy atom. The van der Waals surface area contributed by atoms with E-state index in [4.69, 9.17) is 4.74 Å². The summed E-state index contributed by atoms with van der Waals surface area (Å²) in [6.45, 7) is 1.74. The molecule has 2 aromatic rings. The molecule has 0 spiro atoms. The van der Waals surface area contributed by atoms with Gasteiger partial charge in [0, 0.05) is 16.6 Å². The van der Waals surface area contributed by atoms with Gasteiger partial charge < -0.3 is 10.1 Å². The monoisotopic (exact) mass is 315 g/mol. The molecule has 1 amide bonds. The molecule has 0 aliphatic heterocycles. The summed E-state index contributed by atoms with van der Waals surface area (Å²) in [5, 5.41) is 4.62. The Hall–Kier alpha value is -2.40. The maximum Gasteiger partial charge on any atom is 0.331 e. The summed E-state index contributed by atoms with van der Waals surface area (Å²) < 4.78 is 4.90. The maximum absolute atomic E-state index is 11.7. The van der Waals surface area contributed by atoms with Crippen LogP contribution >= 0.6 is 11.3 Å². The van der Waals surface area contributed by atoms with Gasteiger partial charge in [-0.15, -0.1) is 11.3 Å². The molecule has 2 rings (SSSR count). The first-order chi connectivity index (χ1) is 10.7. The van der Waals surface area contributed by atoms with Crippen LogP contribution in [0.15, 0.2) is 47.9 Å². The van der Waals surface area contributed by atoms with Crippen LogP contribution in [0.2, 0.25) is 0 Å². The molecular weight excluding hydrogens is 298 g/mol. The third kappa shape index (κ3) is 5.18. The third-order valence-electron chi connectivity index (χ3n) is 2.89. The molecule has 1 aromatic carbocycles. The van der Waals surface area contributed by atoms with Gasteiger partial charge in [0.1, 0.15) is 0 Å². The number of ether oxygens (including phenoxy) is 1. The van der Waals surface area contributed by atoms with Gasteiger partial charge in [-0.2, -0.15) is 0 Å². The van der Waals surface area contributed by atoms with Gasteiger partial charge in [0.05, 0.1) is 0 Å². The van der Waals surface area contributed by atoms with Crippen molar-refractivity contribution in [3.63, 3.8) is 0 Å². The van der Waals surface area contributed by atoms with E-state index in [1.54, 1.807) is 12.1 Å². The number of benzene rings is 1. The van der Waals surface area contributed by atoms with Crippen LogP contribution in [0.4, 0.5) is 5.69 Å². The zero-order chi connectivity index (χ0) is 15.8. The second-order valence-electron chi connectivity index (χ2n) is 4.56. The molecule has 1 aromatic heterocycles. The lowest BCUT2D eigenvalue weighted by molar-refractivity contribution is -0.142. The van der Waals surface area contributed by atoms with Crippen LogP contribution in [0, 0.1) is 0 Å². The minimum absolute atomic E-state index is 0.302. The van der Waals surface area contributed by atoms with Crippen LogP contribution in [-0.2, 0) is 20.7 Å². The molecule has 0 aliphatic rings. The van der Waals surface area contributed by atoms with Gasteiger partial charge in [-0.25, -0.2) is 4.79 Å². The van der Waals surface area contributed by atoms with E-state index < -0.39 is 5.97 Å². The number of thiophene rings is 1. The van der Waals surface area contributed by atoms with Gasteiger partial charge >= 0.3 is 5.97 Å². The van der Waals surface area contributed by atoms with E-state index in [0.29, 0.717) is 5.69 Å². The Kier molecular flexibility index (Phi) is 5.91. The van der Waals surface area contributed by atoms with E-state index in [1.807, 2.05) is 42.6 Å². The summed E-state index contributed by atoms with van der Waals surface area (Å²) in [5.41, 5.74) is 1.84. The zero-order valence-corrected chi connectivity index (χ0v) is 13.1. The van der Waals surface area contributed by atoms with Crippen LogP contribution in [0.5, 0.6) is 0 Å². The number of amides is 1. The van der Waals surface area contributed by atoms with Crippen molar-refractivity contribution in [3.8, 4) is 0 Å². The van der Waals surface area contributed by atoms with E-state index in [0.717, 1.165) is 16.9 Å².